The molecule has 15 nitrogen and oxygen atoms in total. The third-order valence-corrected chi connectivity index (χ3v) is 4.42. The fraction of sp³-hybridized carbons (Fsp3) is 0.148. The number of hydrogen-bond donors (Lipinski definition) is 0. The zero-order chi connectivity index (χ0) is 37.4. The number of aromatic nitrogens is 4. The van der Waals surface area contributed by atoms with Gasteiger partial charge in [0, 0.05) is 44.8 Å². The predicted molar refractivity (Wildman–Crippen MR) is 170 cm³/mol. The van der Waals surface area contributed by atoms with E-state index in [1.807, 2.05) is 72.8 Å². The standard InChI is InChI=1S/C25H22N6.C2H3N.F6P.2NO3.Pr/c1-3-16-28-22(10-1)24-12-5-8-20(30-24)18-26-14-7-15-27-19-21-9-6-13-25(31-21)23-11-2-4-17-29-23;1-2-3;1-7(2,3,4,5)6;2*2-1(3)4;/h1-6,8-13,16-19H,7,14-15H2;1H3;;;;/q;;3*-1;+3. The first-order chi connectivity index (χ1) is 22.7. The molecule has 0 bridgehead atoms. The predicted octanol–water partition coefficient (Wildman–Crippen LogP) is 7.96. The number of halogens is 6. The average molecular weight is 857 g/mol. The maximum atomic E-state index is 9.87. The largest absolute Gasteiger partial charge is 3.00 e. The number of rotatable bonds is 8. The maximum Gasteiger partial charge on any atom is 3.00 e. The Balaban J connectivity index is 0. The maximum absolute atomic E-state index is 10.7. The Bertz CT molecular complexity index is 1580. The average Bonchev–Trinajstić information content (AvgIpc) is 3.00. The van der Waals surface area contributed by atoms with Crippen LogP contribution < -0.4 is 0 Å². The fourth-order valence-electron chi connectivity index (χ4n) is 2.93. The van der Waals surface area contributed by atoms with Crippen LogP contribution in [-0.4, -0.2) is 55.6 Å². The quantitative estimate of drug-likeness (QED) is 0.0412. The summed E-state index contributed by atoms with van der Waals surface area (Å²) in [5.74, 6) is 0. The van der Waals surface area contributed by atoms with E-state index in [9.17, 15) is 25.2 Å². The van der Waals surface area contributed by atoms with E-state index in [4.69, 9.17) is 35.9 Å². The molecule has 23 heteroatoms. The van der Waals surface area contributed by atoms with Crippen LogP contribution in [0.15, 0.2) is 95.2 Å². The van der Waals surface area contributed by atoms with Gasteiger partial charge < -0.3 is 30.6 Å². The van der Waals surface area contributed by atoms with Crippen LogP contribution in [0.5, 0.6) is 0 Å². The molecule has 264 valence electrons. The molecule has 4 heterocycles. The molecule has 0 aliphatic carbocycles. The first-order valence-corrected chi connectivity index (χ1v) is 15.0. The first-order valence-electron chi connectivity index (χ1n) is 13.0. The summed E-state index contributed by atoms with van der Waals surface area (Å²) in [7, 11) is -10.7. The minimum atomic E-state index is -10.7. The molecule has 0 unspecified atom stereocenters. The molecule has 0 saturated heterocycles. The van der Waals surface area contributed by atoms with Crippen LogP contribution in [0, 0.1) is 83.3 Å². The molecule has 0 aliphatic heterocycles. The van der Waals surface area contributed by atoms with Crippen LogP contribution in [0.2, 0.25) is 0 Å². The third kappa shape index (κ3) is 31.8. The Labute approximate surface area is 312 Å². The Morgan fingerprint density at radius 1 is 0.680 bits per heavy atom. The summed E-state index contributed by atoms with van der Waals surface area (Å²) in [5, 5.41) is 36.8. The molecule has 4 rings (SSSR count). The van der Waals surface area contributed by atoms with Crippen LogP contribution in [0.4, 0.5) is 25.2 Å². The van der Waals surface area contributed by atoms with Crippen LogP contribution in [-0.2, 0) is 0 Å². The smallest absolute Gasteiger partial charge is 0.356 e. The molecule has 0 aromatic carbocycles. The topological polar surface area (TPSA) is 232 Å². The molecule has 0 saturated carbocycles. The Kier molecular flexibility index (Phi) is 21.5. The van der Waals surface area contributed by atoms with Crippen molar-refractivity contribution in [1.29, 1.82) is 5.26 Å². The Morgan fingerprint density at radius 2 is 0.980 bits per heavy atom. The summed E-state index contributed by atoms with van der Waals surface area (Å²) in [4.78, 5) is 43.3. The first kappa shape index (κ1) is 47.3. The molecular weight excluding hydrogens is 832 g/mol. The Morgan fingerprint density at radius 3 is 1.26 bits per heavy atom. The van der Waals surface area contributed by atoms with Crippen molar-refractivity contribution in [3.05, 3.63) is 127 Å². The van der Waals surface area contributed by atoms with Gasteiger partial charge in [0.15, 0.2) is 0 Å². The van der Waals surface area contributed by atoms with E-state index >= 15 is 0 Å². The summed E-state index contributed by atoms with van der Waals surface area (Å²) < 4.78 is 59.2. The van der Waals surface area contributed by atoms with E-state index in [1.165, 1.54) is 6.92 Å². The van der Waals surface area contributed by atoms with Gasteiger partial charge in [0.2, 0.25) is 0 Å². The number of pyridine rings is 4. The van der Waals surface area contributed by atoms with Crippen LogP contribution in [0.25, 0.3) is 22.8 Å². The molecule has 0 radical (unpaired) electrons. The van der Waals surface area contributed by atoms with E-state index in [2.05, 4.69) is 29.9 Å². The molecule has 4 aromatic rings. The molecular formula is C27H25F6N9O6PPr. The number of aliphatic imine (C=N–C) groups is 2. The van der Waals surface area contributed by atoms with Gasteiger partial charge in [-0.2, -0.15) is 5.26 Å². The van der Waals surface area contributed by atoms with Crippen LogP contribution >= 0.6 is 7.81 Å². The van der Waals surface area contributed by atoms with E-state index in [-0.39, 0.29) is 41.3 Å². The van der Waals surface area contributed by atoms with Gasteiger partial charge in [-0.15, -0.1) is 0 Å². The van der Waals surface area contributed by atoms with Gasteiger partial charge >= 0.3 is 74.3 Å². The summed E-state index contributed by atoms with van der Waals surface area (Å²) in [6.45, 7) is 2.81. The molecule has 0 aliphatic rings. The molecule has 0 amide bonds. The van der Waals surface area contributed by atoms with Gasteiger partial charge in [-0.05, 0) is 55.0 Å². The van der Waals surface area contributed by atoms with Crippen molar-refractivity contribution in [2.24, 2.45) is 9.98 Å². The zero-order valence-corrected chi connectivity index (χ0v) is 30.2. The van der Waals surface area contributed by atoms with Crippen molar-refractivity contribution >= 4 is 20.2 Å². The van der Waals surface area contributed by atoms with E-state index in [0.29, 0.717) is 13.1 Å². The SMILES string of the molecule is C(=NCCCN=Cc1cccc(-c2ccccn2)n1)c1cccc(-c2ccccn2)n1.CC#N.F[P-](F)(F)(F)(F)F.O=[N+]([O-])[O-].O=[N+]([O-])[O-].[Pr+3]. The molecule has 4 aromatic heterocycles. The van der Waals surface area contributed by atoms with Crippen LogP contribution in [0.3, 0.4) is 0 Å². The summed E-state index contributed by atoms with van der Waals surface area (Å²) in [6, 6.07) is 25.0. The van der Waals surface area contributed by atoms with Crippen molar-refractivity contribution in [1.82, 2.24) is 19.9 Å². The minimum Gasteiger partial charge on any atom is -0.356 e. The monoisotopic (exact) mass is 857 g/mol. The fourth-order valence-corrected chi connectivity index (χ4v) is 2.93. The molecule has 0 N–H and O–H groups in total. The Hall–Kier alpha value is -4.80. The molecule has 0 spiro atoms. The second-order valence-corrected chi connectivity index (χ2v) is 10.3. The second kappa shape index (κ2) is 22.8. The summed E-state index contributed by atoms with van der Waals surface area (Å²) in [5.41, 5.74) is 5.04. The second-order valence-electron chi connectivity index (χ2n) is 8.38. The number of nitrogens with zero attached hydrogens (tertiary/aromatic N) is 9. The molecule has 0 fully saturated rings. The number of nitriles is 1. The van der Waals surface area contributed by atoms with Crippen molar-refractivity contribution in [2.75, 3.05) is 13.1 Å². The molecule has 50 heavy (non-hydrogen) atoms. The van der Waals surface area contributed by atoms with Gasteiger partial charge in [0.05, 0.1) is 50.4 Å². The zero-order valence-electron chi connectivity index (χ0n) is 25.6. The minimum absolute atomic E-state index is 0. The normalized spacial score (nSPS) is 11.4. The summed E-state index contributed by atoms with van der Waals surface area (Å²) in [6.07, 6.45) is 7.99. The number of hydrogen-bond acceptors (Lipinski definition) is 13. The van der Waals surface area contributed by atoms with E-state index < -0.39 is 18.0 Å². The van der Waals surface area contributed by atoms with Gasteiger partial charge in [0.25, 0.3) is 0 Å². The van der Waals surface area contributed by atoms with Gasteiger partial charge in [-0.1, -0.05) is 24.3 Å². The van der Waals surface area contributed by atoms with Crippen LogP contribution in [0.1, 0.15) is 24.7 Å². The van der Waals surface area contributed by atoms with Crippen molar-refractivity contribution < 1.29 is 76.6 Å². The van der Waals surface area contributed by atoms with Gasteiger partial charge in [0.1, 0.15) is 0 Å². The van der Waals surface area contributed by atoms with Gasteiger partial charge in [-0.3, -0.25) is 20.0 Å². The van der Waals surface area contributed by atoms with E-state index in [0.717, 1.165) is 40.6 Å². The third-order valence-electron chi connectivity index (χ3n) is 4.42. The van der Waals surface area contributed by atoms with Crippen molar-refractivity contribution in [3.63, 3.8) is 0 Å². The van der Waals surface area contributed by atoms with Crippen molar-refractivity contribution in [2.45, 2.75) is 13.3 Å². The van der Waals surface area contributed by atoms with Crippen molar-refractivity contribution in [3.8, 4) is 28.8 Å². The van der Waals surface area contributed by atoms with Gasteiger partial charge in [-0.25, -0.2) is 9.97 Å². The summed E-state index contributed by atoms with van der Waals surface area (Å²) >= 11 is 0. The van der Waals surface area contributed by atoms with E-state index in [1.54, 1.807) is 30.9 Å². The molecule has 0 atom stereocenters.